The van der Waals surface area contributed by atoms with Crippen LogP contribution in [0.4, 0.5) is 11.4 Å². The Bertz CT molecular complexity index is 472. The number of likely N-dealkylation sites (tertiary alicyclic amines) is 1. The van der Waals surface area contributed by atoms with E-state index in [9.17, 15) is 4.79 Å². The molecule has 1 aliphatic rings. The van der Waals surface area contributed by atoms with Gasteiger partial charge in [-0.3, -0.25) is 9.69 Å². The smallest absolute Gasteiger partial charge is 0.241 e. The van der Waals surface area contributed by atoms with Crippen LogP contribution in [0.3, 0.4) is 0 Å². The minimum atomic E-state index is -0.0797. The number of nitrogens with zero attached hydrogens (tertiary/aromatic N) is 1. The predicted octanol–water partition coefficient (Wildman–Crippen LogP) is 3.13. The molecule has 0 saturated carbocycles. The number of piperidine rings is 1. The molecule has 1 saturated heterocycles. The minimum absolute atomic E-state index is 0.0149. The lowest BCUT2D eigenvalue weighted by atomic mass is 10.1. The fourth-order valence-electron chi connectivity index (χ4n) is 2.69. The van der Waals surface area contributed by atoms with Crippen molar-refractivity contribution in [2.45, 2.75) is 38.6 Å². The summed E-state index contributed by atoms with van der Waals surface area (Å²) in [6.07, 6.45) is 4.41. The molecule has 110 valence electrons. The zero-order valence-corrected chi connectivity index (χ0v) is 12.6. The van der Waals surface area contributed by atoms with Gasteiger partial charge >= 0.3 is 0 Å². The Morgan fingerprint density at radius 1 is 1.40 bits per heavy atom. The third kappa shape index (κ3) is 3.64. The molecular formula is C15H22ClN3O. The lowest BCUT2D eigenvalue weighted by Crippen LogP contribution is -2.46. The lowest BCUT2D eigenvalue weighted by molar-refractivity contribution is -0.121. The number of anilines is 2. The summed E-state index contributed by atoms with van der Waals surface area (Å²) in [6.45, 7) is 4.05. The van der Waals surface area contributed by atoms with Gasteiger partial charge in [-0.2, -0.15) is 0 Å². The zero-order valence-electron chi connectivity index (χ0n) is 11.9. The first-order chi connectivity index (χ1) is 9.61. The number of hydrogen-bond donors (Lipinski definition) is 2. The van der Waals surface area contributed by atoms with Gasteiger partial charge in [-0.15, -0.1) is 0 Å². The molecule has 0 aromatic heterocycles. The van der Waals surface area contributed by atoms with Crippen molar-refractivity contribution in [3.05, 3.63) is 23.2 Å². The number of nitrogens with two attached hydrogens (primary N) is 1. The summed E-state index contributed by atoms with van der Waals surface area (Å²) in [5.74, 6) is 0.0149. The fraction of sp³-hybridized carbons (Fsp3) is 0.533. The number of nitrogens with one attached hydrogen (secondary N) is 1. The Morgan fingerprint density at radius 2 is 2.10 bits per heavy atom. The SMILES string of the molecule is CCC(C(=O)Nc1ccc(N)cc1Cl)N1CCCCC1. The van der Waals surface area contributed by atoms with Gasteiger partial charge in [-0.25, -0.2) is 0 Å². The number of benzene rings is 1. The summed E-state index contributed by atoms with van der Waals surface area (Å²) >= 11 is 6.10. The Hall–Kier alpha value is -1.26. The van der Waals surface area contributed by atoms with Crippen molar-refractivity contribution in [1.82, 2.24) is 4.90 Å². The van der Waals surface area contributed by atoms with E-state index in [1.807, 2.05) is 6.92 Å². The van der Waals surface area contributed by atoms with Crippen molar-refractivity contribution in [3.8, 4) is 0 Å². The second-order valence-electron chi connectivity index (χ2n) is 5.25. The Morgan fingerprint density at radius 3 is 2.70 bits per heavy atom. The van der Waals surface area contributed by atoms with Gasteiger partial charge in [0, 0.05) is 5.69 Å². The van der Waals surface area contributed by atoms with Gasteiger partial charge in [0.15, 0.2) is 0 Å². The molecule has 4 nitrogen and oxygen atoms in total. The van der Waals surface area contributed by atoms with Crippen LogP contribution in [0.2, 0.25) is 5.02 Å². The highest BCUT2D eigenvalue weighted by atomic mass is 35.5. The molecule has 1 aromatic carbocycles. The maximum Gasteiger partial charge on any atom is 0.241 e. The molecule has 0 radical (unpaired) electrons. The first-order valence-electron chi connectivity index (χ1n) is 7.21. The maximum atomic E-state index is 12.4. The van der Waals surface area contributed by atoms with Crippen molar-refractivity contribution in [2.24, 2.45) is 0 Å². The van der Waals surface area contributed by atoms with Crippen LogP contribution in [0.1, 0.15) is 32.6 Å². The number of rotatable bonds is 4. The summed E-state index contributed by atoms with van der Waals surface area (Å²) in [5.41, 5.74) is 6.88. The van der Waals surface area contributed by atoms with E-state index in [4.69, 9.17) is 17.3 Å². The van der Waals surface area contributed by atoms with E-state index in [0.29, 0.717) is 16.4 Å². The van der Waals surface area contributed by atoms with E-state index >= 15 is 0 Å². The summed E-state index contributed by atoms with van der Waals surface area (Å²) < 4.78 is 0. The molecule has 0 spiro atoms. The van der Waals surface area contributed by atoms with Crippen molar-refractivity contribution in [3.63, 3.8) is 0 Å². The monoisotopic (exact) mass is 295 g/mol. The molecule has 1 unspecified atom stereocenters. The average Bonchev–Trinajstić information content (AvgIpc) is 2.44. The maximum absolute atomic E-state index is 12.4. The van der Waals surface area contributed by atoms with Crippen LogP contribution in [0.25, 0.3) is 0 Å². The largest absolute Gasteiger partial charge is 0.399 e. The minimum Gasteiger partial charge on any atom is -0.399 e. The number of carbonyl (C=O) groups excluding carboxylic acids is 1. The number of hydrogen-bond acceptors (Lipinski definition) is 3. The van der Waals surface area contributed by atoms with Gasteiger partial charge in [0.1, 0.15) is 0 Å². The summed E-state index contributed by atoms with van der Waals surface area (Å²) in [7, 11) is 0. The molecule has 1 heterocycles. The highest BCUT2D eigenvalue weighted by molar-refractivity contribution is 6.34. The highest BCUT2D eigenvalue weighted by Gasteiger charge is 2.25. The van der Waals surface area contributed by atoms with Gasteiger partial charge < -0.3 is 11.1 Å². The van der Waals surface area contributed by atoms with Gasteiger partial charge in [-0.05, 0) is 50.6 Å². The summed E-state index contributed by atoms with van der Waals surface area (Å²) in [6, 6.07) is 5.06. The van der Waals surface area contributed by atoms with Crippen LogP contribution in [0.5, 0.6) is 0 Å². The molecule has 3 N–H and O–H groups in total. The van der Waals surface area contributed by atoms with Crippen molar-refractivity contribution in [1.29, 1.82) is 0 Å². The number of amides is 1. The first kappa shape index (κ1) is 15.1. The second-order valence-corrected chi connectivity index (χ2v) is 5.66. The van der Waals surface area contributed by atoms with Gasteiger partial charge in [-0.1, -0.05) is 24.9 Å². The summed E-state index contributed by atoms with van der Waals surface area (Å²) in [4.78, 5) is 14.7. The Labute approximate surface area is 125 Å². The number of nitrogen functional groups attached to an aromatic ring is 1. The molecule has 5 heteroatoms. The van der Waals surface area contributed by atoms with Crippen LogP contribution in [-0.2, 0) is 4.79 Å². The molecule has 0 bridgehead atoms. The van der Waals surface area contributed by atoms with Crippen LogP contribution < -0.4 is 11.1 Å². The highest BCUT2D eigenvalue weighted by Crippen LogP contribution is 2.25. The van der Waals surface area contributed by atoms with Crippen LogP contribution in [0, 0.1) is 0 Å². The topological polar surface area (TPSA) is 58.4 Å². The fourth-order valence-corrected chi connectivity index (χ4v) is 2.92. The Balaban J connectivity index is 2.04. The van der Waals surface area contributed by atoms with E-state index in [1.54, 1.807) is 18.2 Å². The van der Waals surface area contributed by atoms with Gasteiger partial charge in [0.05, 0.1) is 16.8 Å². The van der Waals surface area contributed by atoms with E-state index in [-0.39, 0.29) is 11.9 Å². The van der Waals surface area contributed by atoms with Crippen LogP contribution in [0.15, 0.2) is 18.2 Å². The van der Waals surface area contributed by atoms with E-state index in [2.05, 4.69) is 10.2 Å². The van der Waals surface area contributed by atoms with Gasteiger partial charge in [0.2, 0.25) is 5.91 Å². The molecular weight excluding hydrogens is 274 g/mol. The normalized spacial score (nSPS) is 17.7. The third-order valence-electron chi connectivity index (χ3n) is 3.77. The third-order valence-corrected chi connectivity index (χ3v) is 4.08. The van der Waals surface area contributed by atoms with Crippen LogP contribution in [-0.4, -0.2) is 29.9 Å². The Kier molecular flexibility index (Phi) is 5.26. The standard InChI is InChI=1S/C15H22ClN3O/c1-2-14(19-8-4-3-5-9-19)15(20)18-13-7-6-11(17)10-12(13)16/h6-7,10,14H,2-5,8-9,17H2,1H3,(H,18,20). The van der Waals surface area contributed by atoms with Crippen LogP contribution >= 0.6 is 11.6 Å². The molecule has 0 aliphatic carbocycles. The lowest BCUT2D eigenvalue weighted by Gasteiger charge is -2.33. The average molecular weight is 296 g/mol. The molecule has 1 aliphatic heterocycles. The summed E-state index contributed by atoms with van der Waals surface area (Å²) in [5, 5.41) is 3.40. The first-order valence-corrected chi connectivity index (χ1v) is 7.59. The molecule has 1 amide bonds. The van der Waals surface area contributed by atoms with Crippen molar-refractivity contribution < 1.29 is 4.79 Å². The van der Waals surface area contributed by atoms with E-state index < -0.39 is 0 Å². The van der Waals surface area contributed by atoms with Crippen molar-refractivity contribution >= 4 is 28.9 Å². The number of halogens is 1. The van der Waals surface area contributed by atoms with E-state index in [1.165, 1.54) is 19.3 Å². The predicted molar refractivity (Wildman–Crippen MR) is 84.0 cm³/mol. The van der Waals surface area contributed by atoms with Gasteiger partial charge in [0.25, 0.3) is 0 Å². The number of carbonyl (C=O) groups is 1. The zero-order chi connectivity index (χ0) is 14.5. The second kappa shape index (κ2) is 6.95. The molecule has 1 fully saturated rings. The molecule has 1 aromatic rings. The molecule has 1 atom stereocenters. The molecule has 2 rings (SSSR count). The quantitative estimate of drug-likeness (QED) is 0.839. The molecule has 20 heavy (non-hydrogen) atoms. The van der Waals surface area contributed by atoms with Crippen molar-refractivity contribution in [2.75, 3.05) is 24.1 Å². The van der Waals surface area contributed by atoms with E-state index in [0.717, 1.165) is 19.5 Å².